The summed E-state index contributed by atoms with van der Waals surface area (Å²) in [6, 6.07) is 0. The fourth-order valence-corrected chi connectivity index (χ4v) is 0.762. The average molecular weight is 137 g/mol. The summed E-state index contributed by atoms with van der Waals surface area (Å²) >= 11 is 0. The zero-order chi connectivity index (χ0) is 8.15. The van der Waals surface area contributed by atoms with Crippen molar-refractivity contribution in [2.75, 3.05) is 6.54 Å². The van der Waals surface area contributed by atoms with Gasteiger partial charge in [-0.15, -0.1) is 13.2 Å². The number of rotatable bonds is 0. The third-order valence-electron chi connectivity index (χ3n) is 1.66. The van der Waals surface area contributed by atoms with Crippen molar-refractivity contribution in [2.24, 2.45) is 0 Å². The number of allylic oxidation sites excluding steroid dienone is 1. The summed E-state index contributed by atoms with van der Waals surface area (Å²) in [5, 5.41) is 3.15. The zero-order valence-corrected chi connectivity index (χ0v) is 6.83. The van der Waals surface area contributed by atoms with Gasteiger partial charge in [-0.1, -0.05) is 6.58 Å². The zero-order valence-electron chi connectivity index (χ0n) is 6.83. The van der Waals surface area contributed by atoms with Crippen LogP contribution in [-0.4, -0.2) is 6.54 Å². The van der Waals surface area contributed by atoms with Crippen LogP contribution in [0.2, 0.25) is 0 Å². The summed E-state index contributed by atoms with van der Waals surface area (Å²) in [6.07, 6.45) is 0. The van der Waals surface area contributed by atoms with Crippen LogP contribution in [0.25, 0.3) is 0 Å². The minimum atomic E-state index is 0.991. The van der Waals surface area contributed by atoms with E-state index >= 15 is 0 Å². The second-order valence-electron chi connectivity index (χ2n) is 2.24. The van der Waals surface area contributed by atoms with E-state index in [2.05, 4.69) is 38.9 Å². The lowest BCUT2D eigenvalue weighted by molar-refractivity contribution is 0.953. The number of hydrogen-bond donors (Lipinski definition) is 1. The van der Waals surface area contributed by atoms with Crippen LogP contribution in [0.5, 0.6) is 0 Å². The van der Waals surface area contributed by atoms with Gasteiger partial charge >= 0.3 is 0 Å². The van der Waals surface area contributed by atoms with Gasteiger partial charge in [0.25, 0.3) is 0 Å². The molecule has 1 aliphatic heterocycles. The van der Waals surface area contributed by atoms with Gasteiger partial charge in [0.1, 0.15) is 0 Å². The van der Waals surface area contributed by atoms with Crippen LogP contribution in [-0.2, 0) is 0 Å². The van der Waals surface area contributed by atoms with E-state index in [0.717, 1.165) is 12.2 Å². The Balaban J connectivity index is 0.000000371. The Morgan fingerprint density at radius 3 is 1.90 bits per heavy atom. The molecule has 0 aromatic rings. The fourth-order valence-electron chi connectivity index (χ4n) is 0.762. The number of nitrogens with one attached hydrogen (secondary N) is 1. The van der Waals surface area contributed by atoms with E-state index in [-0.39, 0.29) is 0 Å². The maximum absolute atomic E-state index is 3.82. The Hall–Kier alpha value is -0.980. The van der Waals surface area contributed by atoms with Gasteiger partial charge in [0.05, 0.1) is 0 Å². The Morgan fingerprint density at radius 2 is 1.80 bits per heavy atom. The molecule has 1 nitrogen and oxygen atoms in total. The van der Waals surface area contributed by atoms with Crippen LogP contribution in [0.1, 0.15) is 13.8 Å². The highest BCUT2D eigenvalue weighted by Gasteiger charge is 2.07. The standard InChI is InChI=1S/C7H11N.C2H4/c1-5-4-8-7(3)6(5)2;1-2/h8H,3-4H2,1-2H3;1-2H2. The highest BCUT2D eigenvalue weighted by molar-refractivity contribution is 5.35. The van der Waals surface area contributed by atoms with E-state index in [9.17, 15) is 0 Å². The molecule has 0 atom stereocenters. The summed E-state index contributed by atoms with van der Waals surface area (Å²) in [7, 11) is 0. The summed E-state index contributed by atoms with van der Waals surface area (Å²) < 4.78 is 0. The minimum absolute atomic E-state index is 0.991. The van der Waals surface area contributed by atoms with Gasteiger partial charge in [0.2, 0.25) is 0 Å². The Morgan fingerprint density at radius 1 is 1.30 bits per heavy atom. The molecule has 0 aromatic heterocycles. The molecule has 0 saturated heterocycles. The molecule has 1 N–H and O–H groups in total. The molecule has 0 aliphatic carbocycles. The third kappa shape index (κ3) is 1.76. The van der Waals surface area contributed by atoms with Gasteiger partial charge in [-0.25, -0.2) is 0 Å². The van der Waals surface area contributed by atoms with Crippen molar-refractivity contribution in [1.82, 2.24) is 5.32 Å². The van der Waals surface area contributed by atoms with Crippen molar-refractivity contribution in [2.45, 2.75) is 13.8 Å². The van der Waals surface area contributed by atoms with Crippen molar-refractivity contribution < 1.29 is 0 Å². The maximum atomic E-state index is 3.82. The second-order valence-corrected chi connectivity index (χ2v) is 2.24. The molecule has 1 rings (SSSR count). The molecule has 1 heterocycles. The first-order valence-electron chi connectivity index (χ1n) is 3.31. The largest absolute Gasteiger partial charge is 0.382 e. The molecule has 0 aromatic carbocycles. The third-order valence-corrected chi connectivity index (χ3v) is 1.66. The summed E-state index contributed by atoms with van der Waals surface area (Å²) in [5.74, 6) is 0. The normalized spacial score (nSPS) is 16.0. The van der Waals surface area contributed by atoms with Crippen LogP contribution in [0, 0.1) is 0 Å². The van der Waals surface area contributed by atoms with E-state index < -0.39 is 0 Å². The predicted octanol–water partition coefficient (Wildman–Crippen LogP) is 2.24. The van der Waals surface area contributed by atoms with Gasteiger partial charge in [0, 0.05) is 12.2 Å². The molecule has 56 valence electrons. The topological polar surface area (TPSA) is 12.0 Å². The van der Waals surface area contributed by atoms with Crippen molar-refractivity contribution in [3.05, 3.63) is 36.6 Å². The molecule has 0 bridgehead atoms. The Kier molecular flexibility index (Phi) is 3.55. The highest BCUT2D eigenvalue weighted by atomic mass is 14.9. The van der Waals surface area contributed by atoms with Crippen molar-refractivity contribution in [1.29, 1.82) is 0 Å². The van der Waals surface area contributed by atoms with Crippen LogP contribution in [0.15, 0.2) is 36.6 Å². The van der Waals surface area contributed by atoms with Crippen LogP contribution in [0.3, 0.4) is 0 Å². The molecule has 0 amide bonds. The molecule has 1 aliphatic rings. The van der Waals surface area contributed by atoms with Gasteiger partial charge in [-0.05, 0) is 25.0 Å². The lowest BCUT2D eigenvalue weighted by Crippen LogP contribution is -2.05. The first-order valence-corrected chi connectivity index (χ1v) is 3.31. The van der Waals surface area contributed by atoms with Gasteiger partial charge in [-0.3, -0.25) is 0 Å². The van der Waals surface area contributed by atoms with E-state index in [4.69, 9.17) is 0 Å². The van der Waals surface area contributed by atoms with Crippen LogP contribution < -0.4 is 5.32 Å². The molecule has 0 radical (unpaired) electrons. The monoisotopic (exact) mass is 137 g/mol. The molecular weight excluding hydrogens is 122 g/mol. The van der Waals surface area contributed by atoms with Crippen LogP contribution in [0.4, 0.5) is 0 Å². The lowest BCUT2D eigenvalue weighted by Gasteiger charge is -1.93. The number of hydrogen-bond acceptors (Lipinski definition) is 1. The maximum Gasteiger partial charge on any atom is 0.0363 e. The molecule has 0 fully saturated rings. The molecular formula is C9H15N. The average Bonchev–Trinajstić information content (AvgIpc) is 2.25. The molecule has 0 spiro atoms. The smallest absolute Gasteiger partial charge is 0.0363 e. The quantitative estimate of drug-likeness (QED) is 0.505. The minimum Gasteiger partial charge on any atom is -0.382 e. The van der Waals surface area contributed by atoms with E-state index in [0.29, 0.717) is 0 Å². The Bertz CT molecular complexity index is 166. The summed E-state index contributed by atoms with van der Waals surface area (Å²) in [6.45, 7) is 15.0. The van der Waals surface area contributed by atoms with E-state index in [1.807, 2.05) is 0 Å². The van der Waals surface area contributed by atoms with Gasteiger partial charge in [-0.2, -0.15) is 0 Å². The first kappa shape index (κ1) is 9.02. The van der Waals surface area contributed by atoms with Crippen molar-refractivity contribution >= 4 is 0 Å². The molecule has 0 unspecified atom stereocenters. The summed E-state index contributed by atoms with van der Waals surface area (Å²) in [5.41, 5.74) is 3.82. The molecule has 0 saturated carbocycles. The van der Waals surface area contributed by atoms with Crippen molar-refractivity contribution in [3.63, 3.8) is 0 Å². The Labute approximate surface area is 63.1 Å². The van der Waals surface area contributed by atoms with Crippen LogP contribution >= 0.6 is 0 Å². The lowest BCUT2D eigenvalue weighted by atomic mass is 10.2. The molecule has 10 heavy (non-hydrogen) atoms. The van der Waals surface area contributed by atoms with Gasteiger partial charge in [0.15, 0.2) is 0 Å². The van der Waals surface area contributed by atoms with E-state index in [1.165, 1.54) is 11.1 Å². The van der Waals surface area contributed by atoms with Gasteiger partial charge < -0.3 is 5.32 Å². The highest BCUT2D eigenvalue weighted by Crippen LogP contribution is 2.15. The first-order chi connectivity index (χ1) is 4.72. The second kappa shape index (κ2) is 3.94. The predicted molar refractivity (Wildman–Crippen MR) is 46.8 cm³/mol. The summed E-state index contributed by atoms with van der Waals surface area (Å²) in [4.78, 5) is 0. The SMILES string of the molecule is C=C.C=C1NCC(C)=C1C. The fraction of sp³-hybridized carbons (Fsp3) is 0.333. The van der Waals surface area contributed by atoms with Crippen molar-refractivity contribution in [3.8, 4) is 0 Å². The molecule has 1 heteroatoms. The van der Waals surface area contributed by atoms with E-state index in [1.54, 1.807) is 0 Å².